The van der Waals surface area contributed by atoms with Gasteiger partial charge in [0.15, 0.2) is 0 Å². The van der Waals surface area contributed by atoms with E-state index in [0.29, 0.717) is 0 Å². The van der Waals surface area contributed by atoms with Gasteiger partial charge in [-0.05, 0) is 38.5 Å². The summed E-state index contributed by atoms with van der Waals surface area (Å²) in [7, 11) is -0.542. The Kier molecular flexibility index (Phi) is 4.64. The summed E-state index contributed by atoms with van der Waals surface area (Å²) in [5.41, 5.74) is 1.15. The molecule has 1 saturated carbocycles. The minimum Gasteiger partial charge on any atom is -0.103 e. The molecule has 0 spiro atoms. The van der Waals surface area contributed by atoms with Gasteiger partial charge in [0.1, 0.15) is 0 Å². The highest BCUT2D eigenvalue weighted by molar-refractivity contribution is 7.76. The van der Waals surface area contributed by atoms with Crippen molar-refractivity contribution in [1.82, 2.24) is 0 Å². The van der Waals surface area contributed by atoms with Gasteiger partial charge in [0.25, 0.3) is 0 Å². The first-order chi connectivity index (χ1) is 6.62. The van der Waals surface area contributed by atoms with Crippen molar-refractivity contribution in [2.45, 2.75) is 45.2 Å². The molecule has 0 saturated heterocycles. The maximum absolute atomic E-state index is 3.81. The van der Waals surface area contributed by atoms with Crippen molar-refractivity contribution in [2.75, 3.05) is 19.0 Å². The van der Waals surface area contributed by atoms with E-state index in [1.807, 2.05) is 0 Å². The van der Waals surface area contributed by atoms with E-state index in [2.05, 4.69) is 33.2 Å². The van der Waals surface area contributed by atoms with Crippen molar-refractivity contribution >= 4 is 7.26 Å². The molecule has 1 fully saturated rings. The van der Waals surface area contributed by atoms with Crippen molar-refractivity contribution in [3.63, 3.8) is 0 Å². The van der Waals surface area contributed by atoms with Crippen LogP contribution in [0.15, 0.2) is 12.7 Å². The number of hydrogen-bond acceptors (Lipinski definition) is 0. The molecule has 0 bridgehead atoms. The third-order valence-corrected chi connectivity index (χ3v) is 8.92. The lowest BCUT2D eigenvalue weighted by atomic mass is 10.1. The van der Waals surface area contributed by atoms with Crippen LogP contribution >= 0.6 is 7.26 Å². The molecule has 2 unspecified atom stereocenters. The molecular weight excluding hydrogens is 187 g/mol. The monoisotopic (exact) mass is 213 g/mol. The molecular formula is C13H26P+. The van der Waals surface area contributed by atoms with Gasteiger partial charge in [0.05, 0.1) is 18.0 Å². The second kappa shape index (κ2) is 5.31. The number of allylic oxidation sites excluding steroid dienone is 1. The molecule has 0 amide bonds. The van der Waals surface area contributed by atoms with E-state index in [-0.39, 0.29) is 0 Å². The van der Waals surface area contributed by atoms with Crippen molar-refractivity contribution < 1.29 is 0 Å². The predicted octanol–water partition coefficient (Wildman–Crippen LogP) is 4.42. The van der Waals surface area contributed by atoms with Gasteiger partial charge in [-0.25, -0.2) is 0 Å². The summed E-state index contributed by atoms with van der Waals surface area (Å²) in [5, 5.41) is 0. The number of rotatable bonds is 7. The van der Waals surface area contributed by atoms with Gasteiger partial charge < -0.3 is 0 Å². The molecule has 2 atom stereocenters. The Balaban J connectivity index is 2.34. The Bertz CT molecular complexity index is 184. The van der Waals surface area contributed by atoms with Gasteiger partial charge in [-0.3, -0.25) is 0 Å². The van der Waals surface area contributed by atoms with E-state index in [1.165, 1.54) is 38.0 Å². The standard InChI is InChI=1S/C13H26P/c1-5-7-8-12(3)11-14(4,6-2)13-9-10-13/h5,12-13H,1,6-11H2,2-4H3/q+1. The van der Waals surface area contributed by atoms with Crippen molar-refractivity contribution in [3.8, 4) is 0 Å². The lowest BCUT2D eigenvalue weighted by molar-refractivity contribution is 0.598. The van der Waals surface area contributed by atoms with Gasteiger partial charge in [-0.1, -0.05) is 13.0 Å². The van der Waals surface area contributed by atoms with Crippen LogP contribution in [0.5, 0.6) is 0 Å². The molecule has 0 aromatic heterocycles. The summed E-state index contributed by atoms with van der Waals surface area (Å²) >= 11 is 0. The molecule has 0 aromatic rings. The van der Waals surface area contributed by atoms with Crippen LogP contribution in [0.25, 0.3) is 0 Å². The zero-order chi connectivity index (χ0) is 10.6. The molecule has 0 N–H and O–H groups in total. The third-order valence-electron chi connectivity index (χ3n) is 3.74. The average molecular weight is 213 g/mol. The van der Waals surface area contributed by atoms with Crippen LogP contribution in [-0.2, 0) is 0 Å². The first-order valence-corrected chi connectivity index (χ1v) is 8.75. The largest absolute Gasteiger partial charge is 0.103 e. The second-order valence-corrected chi connectivity index (χ2v) is 9.87. The molecule has 0 nitrogen and oxygen atoms in total. The van der Waals surface area contributed by atoms with Crippen LogP contribution in [0, 0.1) is 5.92 Å². The molecule has 0 aromatic carbocycles. The summed E-state index contributed by atoms with van der Waals surface area (Å²) in [5.74, 6) is 0.923. The van der Waals surface area contributed by atoms with Crippen molar-refractivity contribution in [2.24, 2.45) is 5.92 Å². The Hall–Kier alpha value is 0.170. The molecule has 1 rings (SSSR count). The molecule has 1 heteroatoms. The van der Waals surface area contributed by atoms with E-state index in [1.54, 1.807) is 0 Å². The van der Waals surface area contributed by atoms with Gasteiger partial charge >= 0.3 is 0 Å². The predicted molar refractivity (Wildman–Crippen MR) is 69.9 cm³/mol. The van der Waals surface area contributed by atoms with E-state index in [0.717, 1.165) is 11.6 Å². The highest BCUT2D eigenvalue weighted by Crippen LogP contribution is 2.68. The second-order valence-electron chi connectivity index (χ2n) is 5.18. The van der Waals surface area contributed by atoms with Gasteiger partial charge in [-0.2, -0.15) is 0 Å². The molecule has 0 heterocycles. The van der Waals surface area contributed by atoms with Crippen LogP contribution in [0.2, 0.25) is 0 Å². The molecule has 14 heavy (non-hydrogen) atoms. The van der Waals surface area contributed by atoms with E-state index in [9.17, 15) is 0 Å². The normalized spacial score (nSPS) is 22.8. The van der Waals surface area contributed by atoms with Crippen LogP contribution in [-0.4, -0.2) is 24.6 Å². The minimum atomic E-state index is -0.542. The zero-order valence-corrected chi connectivity index (χ0v) is 11.0. The molecule has 0 aliphatic heterocycles. The quantitative estimate of drug-likeness (QED) is 0.434. The summed E-state index contributed by atoms with van der Waals surface area (Å²) in [6.07, 6.45) is 10.7. The molecule has 0 radical (unpaired) electrons. The van der Waals surface area contributed by atoms with Crippen molar-refractivity contribution in [1.29, 1.82) is 0 Å². The summed E-state index contributed by atoms with van der Waals surface area (Å²) < 4.78 is 0. The lowest BCUT2D eigenvalue weighted by Crippen LogP contribution is -2.12. The SMILES string of the molecule is C=CCCC(C)C[P+](C)(CC)C1CC1. The van der Waals surface area contributed by atoms with E-state index >= 15 is 0 Å². The summed E-state index contributed by atoms with van der Waals surface area (Å²) in [4.78, 5) is 0. The fraction of sp³-hybridized carbons (Fsp3) is 0.846. The summed E-state index contributed by atoms with van der Waals surface area (Å²) in [6, 6.07) is 0. The van der Waals surface area contributed by atoms with Crippen LogP contribution in [0.1, 0.15) is 39.5 Å². The maximum Gasteiger partial charge on any atom is 0.0698 e. The fourth-order valence-electron chi connectivity index (χ4n) is 2.44. The molecule has 1 aliphatic carbocycles. The Morgan fingerprint density at radius 1 is 1.50 bits per heavy atom. The fourth-order valence-corrected chi connectivity index (χ4v) is 6.52. The lowest BCUT2D eigenvalue weighted by Gasteiger charge is -2.24. The van der Waals surface area contributed by atoms with Crippen LogP contribution < -0.4 is 0 Å². The molecule has 82 valence electrons. The number of hydrogen-bond donors (Lipinski definition) is 0. The maximum atomic E-state index is 3.81. The Morgan fingerprint density at radius 2 is 2.14 bits per heavy atom. The first kappa shape index (κ1) is 12.2. The Labute approximate surface area is 90.5 Å². The molecule has 1 aliphatic rings. The van der Waals surface area contributed by atoms with Gasteiger partial charge in [0, 0.05) is 13.9 Å². The highest BCUT2D eigenvalue weighted by atomic mass is 31.2. The smallest absolute Gasteiger partial charge is 0.0698 e. The Morgan fingerprint density at radius 3 is 2.57 bits per heavy atom. The van der Waals surface area contributed by atoms with Gasteiger partial charge in [-0.15, -0.1) is 6.58 Å². The zero-order valence-electron chi connectivity index (χ0n) is 10.1. The van der Waals surface area contributed by atoms with Crippen LogP contribution in [0.3, 0.4) is 0 Å². The van der Waals surface area contributed by atoms with E-state index < -0.39 is 7.26 Å². The minimum absolute atomic E-state index is 0.542. The van der Waals surface area contributed by atoms with Gasteiger partial charge in [0.2, 0.25) is 0 Å². The first-order valence-electron chi connectivity index (χ1n) is 6.07. The average Bonchev–Trinajstić information content (AvgIpc) is 2.97. The summed E-state index contributed by atoms with van der Waals surface area (Å²) in [6.45, 7) is 11.3. The third kappa shape index (κ3) is 3.39. The van der Waals surface area contributed by atoms with Crippen LogP contribution in [0.4, 0.5) is 0 Å². The highest BCUT2D eigenvalue weighted by Gasteiger charge is 2.47. The topological polar surface area (TPSA) is 0 Å². The van der Waals surface area contributed by atoms with E-state index in [4.69, 9.17) is 0 Å². The van der Waals surface area contributed by atoms with Crippen molar-refractivity contribution in [3.05, 3.63) is 12.7 Å².